The van der Waals surface area contributed by atoms with E-state index in [1.807, 2.05) is 0 Å². The Hall–Kier alpha value is -2.67. The number of carbonyl (C=O) groups is 3. The lowest BCUT2D eigenvalue weighted by Gasteiger charge is -2.26. The average molecular weight is 556 g/mol. The number of rotatable bonds is 6. The number of nitrogens with zero attached hydrogens (tertiary/aromatic N) is 2. The van der Waals surface area contributed by atoms with Gasteiger partial charge in [-0.3, -0.25) is 4.79 Å². The zero-order valence-electron chi connectivity index (χ0n) is 19.8. The van der Waals surface area contributed by atoms with Crippen LogP contribution in [-0.4, -0.2) is 68.4 Å². The molecule has 13 heteroatoms. The van der Waals surface area contributed by atoms with Crippen LogP contribution in [0.1, 0.15) is 40.6 Å². The van der Waals surface area contributed by atoms with E-state index in [0.717, 1.165) is 4.88 Å². The first-order chi connectivity index (χ1) is 17.2. The average Bonchev–Trinajstić information content (AvgIpc) is 3.49. The summed E-state index contributed by atoms with van der Waals surface area (Å²) in [5.74, 6) is -1.14. The molecule has 1 aromatic heterocycles. The number of nitrogens with one attached hydrogen (secondary N) is 1. The Bertz CT molecular complexity index is 1280. The Kier molecular flexibility index (Phi) is 7.88. The minimum Gasteiger partial charge on any atom is -0.465 e. The summed E-state index contributed by atoms with van der Waals surface area (Å²) in [6.45, 7) is 2.76. The molecular weight excluding hydrogens is 530 g/mol. The van der Waals surface area contributed by atoms with Crippen LogP contribution in [0.3, 0.4) is 0 Å². The van der Waals surface area contributed by atoms with Crippen molar-refractivity contribution in [1.29, 1.82) is 0 Å². The van der Waals surface area contributed by atoms with Gasteiger partial charge in [0.05, 0.1) is 30.7 Å². The van der Waals surface area contributed by atoms with Gasteiger partial charge in [-0.1, -0.05) is 11.6 Å². The van der Waals surface area contributed by atoms with Crippen molar-refractivity contribution in [2.45, 2.75) is 43.7 Å². The number of halogens is 1. The number of methoxy groups -OCH3 is 1. The number of benzene rings is 1. The number of fused-ring (bicyclic) bond motifs is 1. The number of esters is 1. The minimum absolute atomic E-state index is 0.0486. The highest BCUT2D eigenvalue weighted by Crippen LogP contribution is 2.38. The van der Waals surface area contributed by atoms with Gasteiger partial charge in [0.1, 0.15) is 11.0 Å². The van der Waals surface area contributed by atoms with Gasteiger partial charge in [0, 0.05) is 23.0 Å². The van der Waals surface area contributed by atoms with Gasteiger partial charge < -0.3 is 19.7 Å². The van der Waals surface area contributed by atoms with Gasteiger partial charge >= 0.3 is 12.1 Å². The molecule has 1 fully saturated rings. The van der Waals surface area contributed by atoms with Crippen molar-refractivity contribution in [1.82, 2.24) is 9.21 Å². The molecule has 194 valence electrons. The van der Waals surface area contributed by atoms with Gasteiger partial charge in [-0.2, -0.15) is 4.31 Å². The summed E-state index contributed by atoms with van der Waals surface area (Å²) in [5, 5.41) is 3.46. The lowest BCUT2D eigenvalue weighted by molar-refractivity contribution is -0.119. The van der Waals surface area contributed by atoms with Crippen molar-refractivity contribution in [2.24, 2.45) is 0 Å². The molecule has 2 aliphatic heterocycles. The Labute approximate surface area is 218 Å². The molecule has 0 saturated carbocycles. The normalized spacial score (nSPS) is 18.0. The molecule has 0 aliphatic carbocycles. The van der Waals surface area contributed by atoms with Crippen LogP contribution in [-0.2, 0) is 37.3 Å². The first-order valence-corrected chi connectivity index (χ1v) is 14.0. The molecular formula is C23H26ClN3O7S2. The second-order valence-electron chi connectivity index (χ2n) is 8.29. The number of ether oxygens (including phenoxy) is 2. The van der Waals surface area contributed by atoms with E-state index in [2.05, 4.69) is 5.32 Å². The van der Waals surface area contributed by atoms with E-state index in [0.29, 0.717) is 36.4 Å². The topological polar surface area (TPSA) is 122 Å². The highest BCUT2D eigenvalue weighted by molar-refractivity contribution is 7.89. The molecule has 0 radical (unpaired) electrons. The molecule has 3 heterocycles. The minimum atomic E-state index is -3.93. The van der Waals surface area contributed by atoms with Crippen LogP contribution < -0.4 is 5.32 Å². The molecule has 1 aromatic carbocycles. The number of anilines is 1. The molecule has 2 aliphatic rings. The fourth-order valence-corrected chi connectivity index (χ4v) is 7.44. The fourth-order valence-electron chi connectivity index (χ4n) is 4.41. The number of hydrogen-bond donors (Lipinski definition) is 1. The Morgan fingerprint density at radius 1 is 1.19 bits per heavy atom. The quantitative estimate of drug-likeness (QED) is 0.541. The molecule has 1 N–H and O–H groups in total. The maximum Gasteiger partial charge on any atom is 0.410 e. The third kappa shape index (κ3) is 5.08. The fraction of sp³-hybridized carbons (Fsp3) is 0.435. The molecule has 36 heavy (non-hydrogen) atoms. The van der Waals surface area contributed by atoms with E-state index in [4.69, 9.17) is 21.1 Å². The summed E-state index contributed by atoms with van der Waals surface area (Å²) in [5.41, 5.74) is 0.944. The van der Waals surface area contributed by atoms with Crippen molar-refractivity contribution >= 4 is 55.9 Å². The monoisotopic (exact) mass is 555 g/mol. The van der Waals surface area contributed by atoms with E-state index in [-0.39, 0.29) is 35.2 Å². The molecule has 10 nitrogen and oxygen atoms in total. The van der Waals surface area contributed by atoms with Crippen LogP contribution in [0, 0.1) is 0 Å². The van der Waals surface area contributed by atoms with Crippen molar-refractivity contribution in [3.63, 3.8) is 0 Å². The number of amides is 2. The van der Waals surface area contributed by atoms with Crippen molar-refractivity contribution in [3.8, 4) is 0 Å². The van der Waals surface area contributed by atoms with Gasteiger partial charge in [-0.15, -0.1) is 11.3 Å². The van der Waals surface area contributed by atoms with Crippen LogP contribution in [0.5, 0.6) is 0 Å². The van der Waals surface area contributed by atoms with Crippen LogP contribution in [0.4, 0.5) is 9.80 Å². The van der Waals surface area contributed by atoms with E-state index in [9.17, 15) is 22.8 Å². The predicted octanol–water partition coefficient (Wildman–Crippen LogP) is 3.49. The highest BCUT2D eigenvalue weighted by atomic mass is 35.5. The molecule has 1 saturated heterocycles. The standard InChI is InChI=1S/C23H26ClN3O7S2/c1-3-34-23(30)26-12-10-16-18(13-26)35-21(19(16)22(29)33-2)25-20(28)17-5-4-11-27(17)36(31,32)15-8-6-14(24)7-9-15/h6-9,17H,3-5,10-13H2,1-2H3,(H,25,28). The van der Waals surface area contributed by atoms with Gasteiger partial charge in [-0.05, 0) is 56.0 Å². The van der Waals surface area contributed by atoms with Crippen molar-refractivity contribution in [3.05, 3.63) is 45.3 Å². The second-order valence-corrected chi connectivity index (χ2v) is 11.7. The number of carbonyl (C=O) groups excluding carboxylic acids is 3. The highest BCUT2D eigenvalue weighted by Gasteiger charge is 2.40. The van der Waals surface area contributed by atoms with E-state index < -0.39 is 34.0 Å². The first-order valence-electron chi connectivity index (χ1n) is 11.4. The second kappa shape index (κ2) is 10.8. The summed E-state index contributed by atoms with van der Waals surface area (Å²) in [6.07, 6.45) is 0.805. The molecule has 4 rings (SSSR count). The maximum atomic E-state index is 13.3. The van der Waals surface area contributed by atoms with Crippen LogP contribution in [0.2, 0.25) is 5.02 Å². The predicted molar refractivity (Wildman–Crippen MR) is 134 cm³/mol. The van der Waals surface area contributed by atoms with Crippen molar-refractivity contribution < 1.29 is 32.3 Å². The van der Waals surface area contributed by atoms with E-state index in [1.54, 1.807) is 6.92 Å². The largest absolute Gasteiger partial charge is 0.465 e. The van der Waals surface area contributed by atoms with Crippen LogP contribution >= 0.6 is 22.9 Å². The summed E-state index contributed by atoms with van der Waals surface area (Å²) in [7, 11) is -2.68. The van der Waals surface area contributed by atoms with Gasteiger partial charge in [-0.25, -0.2) is 18.0 Å². The van der Waals surface area contributed by atoms with E-state index in [1.165, 1.54) is 51.9 Å². The van der Waals surface area contributed by atoms with E-state index >= 15 is 0 Å². The number of hydrogen-bond acceptors (Lipinski definition) is 8. The lowest BCUT2D eigenvalue weighted by Crippen LogP contribution is -2.43. The van der Waals surface area contributed by atoms with Crippen LogP contribution in [0.25, 0.3) is 0 Å². The smallest absolute Gasteiger partial charge is 0.410 e. The molecule has 1 atom stereocenters. The van der Waals surface area contributed by atoms with Crippen LogP contribution in [0.15, 0.2) is 29.2 Å². The number of sulfonamides is 1. The van der Waals surface area contributed by atoms with Crippen molar-refractivity contribution in [2.75, 3.05) is 32.1 Å². The summed E-state index contributed by atoms with van der Waals surface area (Å²) in [6, 6.07) is 4.84. The zero-order valence-corrected chi connectivity index (χ0v) is 22.2. The Balaban J connectivity index is 1.59. The summed E-state index contributed by atoms with van der Waals surface area (Å²) >= 11 is 7.06. The molecule has 2 aromatic rings. The SMILES string of the molecule is CCOC(=O)N1CCc2c(sc(NC(=O)C3CCCN3S(=O)(=O)c3ccc(Cl)cc3)c2C(=O)OC)C1. The Morgan fingerprint density at radius 3 is 2.58 bits per heavy atom. The summed E-state index contributed by atoms with van der Waals surface area (Å²) in [4.78, 5) is 40.5. The first kappa shape index (κ1) is 26.4. The van der Waals surface area contributed by atoms with Gasteiger partial charge in [0.2, 0.25) is 15.9 Å². The molecule has 2 amide bonds. The summed E-state index contributed by atoms with van der Waals surface area (Å²) < 4.78 is 37.7. The zero-order chi connectivity index (χ0) is 26.0. The molecule has 0 spiro atoms. The molecule has 0 bridgehead atoms. The maximum absolute atomic E-state index is 13.3. The third-order valence-electron chi connectivity index (χ3n) is 6.14. The molecule has 1 unspecified atom stereocenters. The van der Waals surface area contributed by atoms with Gasteiger partial charge in [0.25, 0.3) is 0 Å². The number of thiophene rings is 1. The lowest BCUT2D eigenvalue weighted by atomic mass is 10.0. The Morgan fingerprint density at radius 2 is 1.92 bits per heavy atom. The van der Waals surface area contributed by atoms with Gasteiger partial charge in [0.15, 0.2) is 0 Å². The third-order valence-corrected chi connectivity index (χ3v) is 9.44.